The summed E-state index contributed by atoms with van der Waals surface area (Å²) in [6.07, 6.45) is -1.94. The number of aryl methyl sites for hydroxylation is 1. The van der Waals surface area contributed by atoms with Gasteiger partial charge in [0.05, 0.1) is 22.7 Å². The van der Waals surface area contributed by atoms with Crippen LogP contribution in [0.15, 0.2) is 64.7 Å². The van der Waals surface area contributed by atoms with Crippen molar-refractivity contribution >= 4 is 23.4 Å². The lowest BCUT2D eigenvalue weighted by atomic mass is 10.1. The van der Waals surface area contributed by atoms with E-state index < -0.39 is 29.0 Å². The Balaban J connectivity index is 1.75. The van der Waals surface area contributed by atoms with Crippen LogP contribution in [-0.2, 0) is 11.0 Å². The number of hydrogen-bond donors (Lipinski definition) is 1. The summed E-state index contributed by atoms with van der Waals surface area (Å²) >= 11 is 0.772. The number of para-hydroxylation sites is 1. The molecule has 0 aliphatic heterocycles. The first-order valence-electron chi connectivity index (χ1n) is 8.60. The average Bonchev–Trinajstić information content (AvgIpc) is 2.69. The van der Waals surface area contributed by atoms with Gasteiger partial charge in [0.25, 0.3) is 5.56 Å². The second kappa shape index (κ2) is 8.70. The Morgan fingerprint density at radius 2 is 1.93 bits per heavy atom. The van der Waals surface area contributed by atoms with Crippen molar-refractivity contribution in [2.75, 3.05) is 11.1 Å². The fourth-order valence-electron chi connectivity index (χ4n) is 2.59. The molecular weight excluding hydrogens is 422 g/mol. The van der Waals surface area contributed by atoms with Crippen LogP contribution in [0.25, 0.3) is 5.69 Å². The molecule has 0 radical (unpaired) electrons. The molecule has 0 spiro atoms. The highest BCUT2D eigenvalue weighted by atomic mass is 32.2. The van der Waals surface area contributed by atoms with Gasteiger partial charge in [-0.25, -0.2) is 9.37 Å². The molecule has 156 valence electrons. The van der Waals surface area contributed by atoms with Gasteiger partial charge in [0, 0.05) is 12.4 Å². The van der Waals surface area contributed by atoms with Gasteiger partial charge in [-0.1, -0.05) is 30.0 Å². The molecular formula is C20H15F4N3O2S. The molecule has 0 bridgehead atoms. The minimum atomic E-state index is -4.62. The summed E-state index contributed by atoms with van der Waals surface area (Å²) in [6, 6.07) is 8.89. The van der Waals surface area contributed by atoms with Crippen LogP contribution < -0.4 is 10.9 Å². The molecule has 0 aliphatic carbocycles. The summed E-state index contributed by atoms with van der Waals surface area (Å²) < 4.78 is 54.1. The Kier molecular flexibility index (Phi) is 6.25. The zero-order valence-electron chi connectivity index (χ0n) is 15.5. The summed E-state index contributed by atoms with van der Waals surface area (Å²) in [6.45, 7) is 1.59. The number of halogens is 4. The normalized spacial score (nSPS) is 11.4. The van der Waals surface area contributed by atoms with E-state index in [1.807, 2.05) is 0 Å². The minimum Gasteiger partial charge on any atom is -0.325 e. The van der Waals surface area contributed by atoms with Crippen molar-refractivity contribution in [1.82, 2.24) is 9.55 Å². The number of hydrogen-bond acceptors (Lipinski definition) is 4. The number of rotatable bonds is 5. The lowest BCUT2D eigenvalue weighted by Gasteiger charge is -2.13. The predicted octanol–water partition coefficient (Wildman–Crippen LogP) is 4.43. The number of benzene rings is 2. The highest BCUT2D eigenvalue weighted by Crippen LogP contribution is 2.34. The van der Waals surface area contributed by atoms with Gasteiger partial charge in [-0.2, -0.15) is 13.2 Å². The monoisotopic (exact) mass is 437 g/mol. The molecule has 1 amide bonds. The van der Waals surface area contributed by atoms with Crippen LogP contribution in [0.1, 0.15) is 11.1 Å². The number of thioether (sulfide) groups is 1. The zero-order chi connectivity index (χ0) is 21.9. The van der Waals surface area contributed by atoms with Crippen molar-refractivity contribution in [3.63, 3.8) is 0 Å². The Labute approximate surface area is 172 Å². The van der Waals surface area contributed by atoms with E-state index in [0.29, 0.717) is 5.56 Å². The number of nitrogens with zero attached hydrogens (tertiary/aromatic N) is 2. The quantitative estimate of drug-likeness (QED) is 0.474. The number of alkyl halides is 3. The van der Waals surface area contributed by atoms with Crippen LogP contribution >= 0.6 is 11.8 Å². The Morgan fingerprint density at radius 3 is 2.63 bits per heavy atom. The average molecular weight is 437 g/mol. The van der Waals surface area contributed by atoms with Crippen LogP contribution in [-0.4, -0.2) is 21.2 Å². The van der Waals surface area contributed by atoms with Crippen molar-refractivity contribution in [3.05, 3.63) is 82.2 Å². The molecule has 10 heteroatoms. The van der Waals surface area contributed by atoms with Crippen molar-refractivity contribution in [1.29, 1.82) is 0 Å². The molecule has 0 unspecified atom stereocenters. The van der Waals surface area contributed by atoms with Gasteiger partial charge in [0.15, 0.2) is 5.03 Å². The maximum absolute atomic E-state index is 13.8. The Bertz CT molecular complexity index is 1150. The van der Waals surface area contributed by atoms with E-state index in [1.54, 1.807) is 13.0 Å². The summed E-state index contributed by atoms with van der Waals surface area (Å²) in [4.78, 5) is 28.6. The van der Waals surface area contributed by atoms with Gasteiger partial charge in [0.2, 0.25) is 5.91 Å². The third-order valence-corrected chi connectivity index (χ3v) is 5.05. The fourth-order valence-corrected chi connectivity index (χ4v) is 3.28. The van der Waals surface area contributed by atoms with Gasteiger partial charge in [-0.3, -0.25) is 14.2 Å². The number of carbonyl (C=O) groups is 1. The number of amides is 1. The number of carbonyl (C=O) groups excluding carboxylic acids is 1. The molecule has 3 aromatic rings. The third kappa shape index (κ3) is 4.88. The van der Waals surface area contributed by atoms with Gasteiger partial charge < -0.3 is 5.32 Å². The Morgan fingerprint density at radius 1 is 1.20 bits per heavy atom. The standard InChI is InChI=1S/C20H15F4N3O2S/c1-12-6-7-13(10-15(12)21)27-9-8-25-18(19(27)29)30-11-17(28)26-16-5-3-2-4-14(16)20(22,23)24/h2-10H,11H2,1H3,(H,26,28). The third-order valence-electron chi connectivity index (χ3n) is 4.09. The summed E-state index contributed by atoms with van der Waals surface area (Å²) in [5.41, 5.74) is -1.20. The number of anilines is 1. The topological polar surface area (TPSA) is 64.0 Å². The zero-order valence-corrected chi connectivity index (χ0v) is 16.4. The van der Waals surface area contributed by atoms with Crippen molar-refractivity contribution in [2.45, 2.75) is 18.1 Å². The lowest BCUT2D eigenvalue weighted by Crippen LogP contribution is -2.22. The maximum atomic E-state index is 13.8. The van der Waals surface area contributed by atoms with Crippen LogP contribution in [0.2, 0.25) is 0 Å². The molecule has 1 aromatic heterocycles. The van der Waals surface area contributed by atoms with Crippen LogP contribution in [0.3, 0.4) is 0 Å². The minimum absolute atomic E-state index is 0.0438. The molecule has 1 N–H and O–H groups in total. The van der Waals surface area contributed by atoms with E-state index in [2.05, 4.69) is 10.3 Å². The number of aromatic nitrogens is 2. The molecule has 30 heavy (non-hydrogen) atoms. The van der Waals surface area contributed by atoms with E-state index in [9.17, 15) is 27.2 Å². The molecule has 1 heterocycles. The van der Waals surface area contributed by atoms with Crippen molar-refractivity contribution < 1.29 is 22.4 Å². The van der Waals surface area contributed by atoms with Crippen molar-refractivity contribution in [2.24, 2.45) is 0 Å². The maximum Gasteiger partial charge on any atom is 0.418 e. The summed E-state index contributed by atoms with van der Waals surface area (Å²) in [5.74, 6) is -1.54. The lowest BCUT2D eigenvalue weighted by molar-refractivity contribution is -0.137. The summed E-state index contributed by atoms with van der Waals surface area (Å²) in [5, 5.41) is 2.16. The fraction of sp³-hybridized carbons (Fsp3) is 0.150. The molecule has 0 fully saturated rings. The van der Waals surface area contributed by atoms with E-state index in [-0.39, 0.29) is 22.2 Å². The highest BCUT2D eigenvalue weighted by molar-refractivity contribution is 7.99. The van der Waals surface area contributed by atoms with E-state index in [4.69, 9.17) is 0 Å². The molecule has 0 atom stereocenters. The van der Waals surface area contributed by atoms with Gasteiger partial charge in [-0.15, -0.1) is 0 Å². The molecule has 3 rings (SSSR count). The SMILES string of the molecule is Cc1ccc(-n2ccnc(SCC(=O)Nc3ccccc3C(F)(F)F)c2=O)cc1F. The van der Waals surface area contributed by atoms with Gasteiger partial charge in [-0.05, 0) is 36.8 Å². The van der Waals surface area contributed by atoms with E-state index >= 15 is 0 Å². The molecule has 0 saturated heterocycles. The van der Waals surface area contributed by atoms with Crippen LogP contribution in [0, 0.1) is 12.7 Å². The second-order valence-electron chi connectivity index (χ2n) is 6.22. The van der Waals surface area contributed by atoms with Gasteiger partial charge in [0.1, 0.15) is 5.82 Å². The van der Waals surface area contributed by atoms with E-state index in [1.165, 1.54) is 41.2 Å². The molecule has 0 saturated carbocycles. The first-order chi connectivity index (χ1) is 14.2. The first-order valence-corrected chi connectivity index (χ1v) is 9.58. The predicted molar refractivity (Wildman–Crippen MR) is 105 cm³/mol. The number of nitrogens with one attached hydrogen (secondary N) is 1. The summed E-state index contributed by atoms with van der Waals surface area (Å²) in [7, 11) is 0. The first kappa shape index (κ1) is 21.6. The molecule has 5 nitrogen and oxygen atoms in total. The van der Waals surface area contributed by atoms with Crippen LogP contribution in [0.5, 0.6) is 0 Å². The second-order valence-corrected chi connectivity index (χ2v) is 7.19. The largest absolute Gasteiger partial charge is 0.418 e. The molecule has 0 aliphatic rings. The Hall–Kier alpha value is -3.14. The van der Waals surface area contributed by atoms with Crippen molar-refractivity contribution in [3.8, 4) is 5.69 Å². The highest BCUT2D eigenvalue weighted by Gasteiger charge is 2.33. The molecule has 2 aromatic carbocycles. The van der Waals surface area contributed by atoms with Crippen LogP contribution in [0.4, 0.5) is 23.2 Å². The van der Waals surface area contributed by atoms with Gasteiger partial charge >= 0.3 is 6.18 Å². The smallest absolute Gasteiger partial charge is 0.325 e. The van der Waals surface area contributed by atoms with E-state index in [0.717, 1.165) is 23.9 Å².